The monoisotopic (exact) mass is 701 g/mol. The molecule has 2 unspecified atom stereocenters. The Kier molecular flexibility index (Phi) is 13.8. The van der Waals surface area contributed by atoms with Gasteiger partial charge in [-0.05, 0) is 106 Å². The number of carbonyl (C=O) groups excluding carboxylic acids is 4. The molecule has 3 atom stereocenters. The van der Waals surface area contributed by atoms with Crippen molar-refractivity contribution < 1.29 is 42.2 Å². The van der Waals surface area contributed by atoms with Crippen LogP contribution in [0.4, 0.5) is 13.6 Å². The van der Waals surface area contributed by atoms with Crippen LogP contribution in [0.15, 0.2) is 36.1 Å². The number of nitrogens with zero attached hydrogens (tertiary/aromatic N) is 2. The number of benzene rings is 1. The van der Waals surface area contributed by atoms with Crippen molar-refractivity contribution in [3.63, 3.8) is 0 Å². The maximum Gasteiger partial charge on any atom is 0.410 e. The van der Waals surface area contributed by atoms with Crippen LogP contribution in [-0.4, -0.2) is 85.8 Å². The van der Waals surface area contributed by atoms with Gasteiger partial charge in [0.2, 0.25) is 11.8 Å². The first kappa shape index (κ1) is 38.8. The number of halogens is 2. The van der Waals surface area contributed by atoms with Crippen molar-refractivity contribution in [2.75, 3.05) is 46.6 Å². The first-order valence-corrected chi connectivity index (χ1v) is 17.8. The molecular weight excluding hydrogens is 648 g/mol. The van der Waals surface area contributed by atoms with Gasteiger partial charge in [-0.25, -0.2) is 13.6 Å². The molecule has 3 amide bonds. The molecule has 3 aliphatic rings. The van der Waals surface area contributed by atoms with Crippen LogP contribution in [0.1, 0.15) is 96.2 Å². The lowest BCUT2D eigenvalue weighted by atomic mass is 9.86. The molecular formula is C38H53F2N3O7. The third kappa shape index (κ3) is 11.3. The van der Waals surface area contributed by atoms with E-state index < -0.39 is 36.0 Å². The number of allylic oxidation sites excluding steroid dienone is 4. The molecule has 2 fully saturated rings. The second kappa shape index (κ2) is 17.8. The first-order chi connectivity index (χ1) is 23.8. The van der Waals surface area contributed by atoms with Crippen molar-refractivity contribution in [3.05, 3.63) is 53.1 Å². The number of carbonyl (C=O) groups is 4. The number of rotatable bonds is 12. The molecule has 10 nitrogen and oxygen atoms in total. The highest BCUT2D eigenvalue weighted by Crippen LogP contribution is 2.35. The number of methoxy groups -OCH3 is 1. The molecule has 0 bridgehead atoms. The zero-order valence-electron chi connectivity index (χ0n) is 30.1. The van der Waals surface area contributed by atoms with Gasteiger partial charge in [0.05, 0.1) is 31.2 Å². The maximum absolute atomic E-state index is 15.1. The van der Waals surface area contributed by atoms with E-state index in [-0.39, 0.29) is 43.4 Å². The van der Waals surface area contributed by atoms with E-state index in [9.17, 15) is 23.6 Å². The molecule has 2 saturated heterocycles. The van der Waals surface area contributed by atoms with Crippen LogP contribution in [0.25, 0.3) is 5.57 Å². The van der Waals surface area contributed by atoms with Crippen molar-refractivity contribution in [2.45, 2.75) is 90.7 Å². The Balaban J connectivity index is 1.36. The molecule has 0 radical (unpaired) electrons. The number of ether oxygens (including phenoxy) is 3. The van der Waals surface area contributed by atoms with Crippen LogP contribution in [0.2, 0.25) is 0 Å². The highest BCUT2D eigenvalue weighted by atomic mass is 19.1. The second-order valence-electron chi connectivity index (χ2n) is 14.6. The number of alkyl halides is 1. The van der Waals surface area contributed by atoms with E-state index in [0.717, 1.165) is 18.4 Å². The fraction of sp³-hybridized carbons (Fsp3) is 0.632. The van der Waals surface area contributed by atoms with Gasteiger partial charge in [-0.2, -0.15) is 0 Å². The Morgan fingerprint density at radius 3 is 2.42 bits per heavy atom. The smallest absolute Gasteiger partial charge is 0.410 e. The molecule has 1 aliphatic carbocycles. The largest absolute Gasteiger partial charge is 0.495 e. The summed E-state index contributed by atoms with van der Waals surface area (Å²) in [7, 11) is 1.26. The minimum absolute atomic E-state index is 0.000123. The van der Waals surface area contributed by atoms with Gasteiger partial charge in [-0.3, -0.25) is 14.4 Å². The summed E-state index contributed by atoms with van der Waals surface area (Å²) in [5.74, 6) is -0.895. The van der Waals surface area contributed by atoms with Crippen molar-refractivity contribution in [2.24, 2.45) is 17.8 Å². The summed E-state index contributed by atoms with van der Waals surface area (Å²) in [6, 6.07) is 3.65. The lowest BCUT2D eigenvalue weighted by Gasteiger charge is -2.35. The van der Waals surface area contributed by atoms with E-state index in [0.29, 0.717) is 74.5 Å². The number of likely N-dealkylation sites (tertiary alicyclic amines) is 2. The molecule has 2 aliphatic heterocycles. The SMILES string of the molecule is COC(=O)CC(NC(=O)[C@@H]1CCCN(C(=O)CCC2CCN(C(=O)OC(C)(C)C)CC2)C1)c1cc(F)cc(C2=CC=C(OCCF)CC2C)c1. The number of hydrogen-bond acceptors (Lipinski definition) is 7. The quantitative estimate of drug-likeness (QED) is 0.248. The number of nitrogens with one attached hydrogen (secondary N) is 1. The predicted molar refractivity (Wildman–Crippen MR) is 185 cm³/mol. The van der Waals surface area contributed by atoms with Crippen LogP contribution in [-0.2, 0) is 28.6 Å². The molecule has 0 aromatic heterocycles. The summed E-state index contributed by atoms with van der Waals surface area (Å²) in [5, 5.41) is 2.96. The van der Waals surface area contributed by atoms with E-state index in [1.807, 2.05) is 33.8 Å². The highest BCUT2D eigenvalue weighted by molar-refractivity contribution is 5.82. The molecule has 1 aromatic rings. The zero-order chi connectivity index (χ0) is 36.4. The normalized spacial score (nSPS) is 20.7. The Hall–Kier alpha value is -3.96. The van der Waals surface area contributed by atoms with Gasteiger partial charge in [0, 0.05) is 39.0 Å². The van der Waals surface area contributed by atoms with Crippen molar-refractivity contribution in [1.29, 1.82) is 0 Å². The van der Waals surface area contributed by atoms with E-state index >= 15 is 4.39 Å². The van der Waals surface area contributed by atoms with Gasteiger partial charge >= 0.3 is 12.1 Å². The van der Waals surface area contributed by atoms with E-state index in [2.05, 4.69) is 5.32 Å². The summed E-state index contributed by atoms with van der Waals surface area (Å²) >= 11 is 0. The second-order valence-corrected chi connectivity index (χ2v) is 14.6. The van der Waals surface area contributed by atoms with Crippen LogP contribution < -0.4 is 5.32 Å². The summed E-state index contributed by atoms with van der Waals surface area (Å²) in [6.07, 6.45) is 7.58. The van der Waals surface area contributed by atoms with E-state index in [1.54, 1.807) is 21.9 Å². The summed E-state index contributed by atoms with van der Waals surface area (Å²) < 4.78 is 43.5. The van der Waals surface area contributed by atoms with Crippen molar-refractivity contribution in [1.82, 2.24) is 15.1 Å². The molecule has 4 rings (SSSR count). The van der Waals surface area contributed by atoms with Crippen LogP contribution in [0.5, 0.6) is 0 Å². The zero-order valence-corrected chi connectivity index (χ0v) is 30.1. The Morgan fingerprint density at radius 2 is 1.76 bits per heavy atom. The molecule has 0 spiro atoms. The minimum atomic E-state index is -0.847. The number of piperidine rings is 2. The summed E-state index contributed by atoms with van der Waals surface area (Å²) in [4.78, 5) is 55.2. The lowest BCUT2D eigenvalue weighted by Crippen LogP contribution is -2.46. The average Bonchev–Trinajstić information content (AvgIpc) is 3.08. The van der Waals surface area contributed by atoms with E-state index in [1.165, 1.54) is 19.2 Å². The van der Waals surface area contributed by atoms with E-state index in [4.69, 9.17) is 14.2 Å². The molecule has 276 valence electrons. The fourth-order valence-corrected chi connectivity index (χ4v) is 6.89. The molecule has 50 heavy (non-hydrogen) atoms. The van der Waals surface area contributed by atoms with Gasteiger partial charge in [-0.1, -0.05) is 13.0 Å². The minimum Gasteiger partial charge on any atom is -0.495 e. The maximum atomic E-state index is 15.1. The number of esters is 1. The fourth-order valence-electron chi connectivity index (χ4n) is 6.89. The average molecular weight is 702 g/mol. The van der Waals surface area contributed by atoms with Crippen LogP contribution >= 0.6 is 0 Å². The Bertz CT molecular complexity index is 1430. The Labute approximate surface area is 294 Å². The standard InChI is InChI=1S/C38H53F2N3O7/c1-25-19-31(49-18-14-39)9-10-32(25)28-20-29(22-30(40)21-28)33(23-35(45)48-5)41-36(46)27-7-6-15-43(24-27)34(44)11-8-26-12-16-42(17-13-26)37(47)50-38(2,3)4/h9-10,20-22,25-27,33H,6-8,11-19,23-24H2,1-5H3,(H,41,46)/t25?,27-,33?/m1/s1. The first-order valence-electron chi connectivity index (χ1n) is 17.8. The van der Waals surface area contributed by atoms with Crippen molar-refractivity contribution >= 4 is 29.5 Å². The Morgan fingerprint density at radius 1 is 1.02 bits per heavy atom. The molecule has 1 N–H and O–H groups in total. The highest BCUT2D eigenvalue weighted by Gasteiger charge is 2.32. The predicted octanol–water partition coefficient (Wildman–Crippen LogP) is 6.51. The number of amides is 3. The van der Waals surface area contributed by atoms with Crippen LogP contribution in [0, 0.1) is 23.6 Å². The third-order valence-corrected chi connectivity index (χ3v) is 9.60. The summed E-state index contributed by atoms with van der Waals surface area (Å²) in [6.45, 7) is 8.95. The topological polar surface area (TPSA) is 114 Å². The lowest BCUT2D eigenvalue weighted by molar-refractivity contribution is -0.141. The molecule has 12 heteroatoms. The number of hydrogen-bond donors (Lipinski definition) is 1. The van der Waals surface area contributed by atoms with Gasteiger partial charge in [0.25, 0.3) is 0 Å². The molecule has 2 heterocycles. The third-order valence-electron chi connectivity index (χ3n) is 9.60. The van der Waals surface area contributed by atoms with Crippen molar-refractivity contribution in [3.8, 4) is 0 Å². The van der Waals surface area contributed by atoms with Gasteiger partial charge in [0.1, 0.15) is 24.7 Å². The van der Waals surface area contributed by atoms with Gasteiger partial charge in [0.15, 0.2) is 0 Å². The van der Waals surface area contributed by atoms with Gasteiger partial charge in [-0.15, -0.1) is 0 Å². The molecule has 0 saturated carbocycles. The summed E-state index contributed by atoms with van der Waals surface area (Å²) in [5.41, 5.74) is 1.36. The molecule has 1 aromatic carbocycles. The van der Waals surface area contributed by atoms with Crippen LogP contribution in [0.3, 0.4) is 0 Å². The van der Waals surface area contributed by atoms with Gasteiger partial charge < -0.3 is 29.3 Å².